The van der Waals surface area contributed by atoms with Crippen molar-refractivity contribution < 1.29 is 13.9 Å². The molecule has 1 aliphatic heterocycles. The average Bonchev–Trinajstić information content (AvgIpc) is 2.99. The highest BCUT2D eigenvalue weighted by molar-refractivity contribution is 5.99. The molecule has 0 unspecified atom stereocenters. The van der Waals surface area contributed by atoms with E-state index in [4.69, 9.17) is 9.15 Å². The van der Waals surface area contributed by atoms with Crippen molar-refractivity contribution >= 4 is 22.9 Å². The van der Waals surface area contributed by atoms with Crippen molar-refractivity contribution in [3.05, 3.63) is 34.2 Å². The SMILES string of the molecule is CCOc1ccc2c(N3CCCC3)c(C=O)c(=O)oc2c1. The zero-order chi connectivity index (χ0) is 14.8. The van der Waals surface area contributed by atoms with Gasteiger partial charge in [0.05, 0.1) is 12.3 Å². The van der Waals surface area contributed by atoms with E-state index in [2.05, 4.69) is 4.90 Å². The molecule has 1 aromatic heterocycles. The number of benzene rings is 1. The van der Waals surface area contributed by atoms with E-state index in [9.17, 15) is 9.59 Å². The van der Waals surface area contributed by atoms with Gasteiger partial charge >= 0.3 is 5.63 Å². The Hall–Kier alpha value is -2.30. The van der Waals surface area contributed by atoms with Gasteiger partial charge in [0.25, 0.3) is 0 Å². The summed E-state index contributed by atoms with van der Waals surface area (Å²) >= 11 is 0. The summed E-state index contributed by atoms with van der Waals surface area (Å²) in [6.07, 6.45) is 2.73. The van der Waals surface area contributed by atoms with Gasteiger partial charge in [-0.1, -0.05) is 0 Å². The number of ether oxygens (including phenoxy) is 1. The number of carbonyl (C=O) groups is 1. The van der Waals surface area contributed by atoms with E-state index < -0.39 is 5.63 Å². The van der Waals surface area contributed by atoms with Crippen LogP contribution in [-0.2, 0) is 0 Å². The lowest BCUT2D eigenvalue weighted by Gasteiger charge is -2.20. The van der Waals surface area contributed by atoms with Gasteiger partial charge in [-0.2, -0.15) is 0 Å². The van der Waals surface area contributed by atoms with Gasteiger partial charge in [-0.3, -0.25) is 4.79 Å². The van der Waals surface area contributed by atoms with E-state index in [1.54, 1.807) is 6.07 Å². The zero-order valence-corrected chi connectivity index (χ0v) is 11.9. The van der Waals surface area contributed by atoms with Crippen LogP contribution in [0.5, 0.6) is 5.75 Å². The molecule has 21 heavy (non-hydrogen) atoms. The lowest BCUT2D eigenvalue weighted by atomic mass is 10.1. The monoisotopic (exact) mass is 287 g/mol. The summed E-state index contributed by atoms with van der Waals surface area (Å²) in [5.74, 6) is 0.652. The molecule has 0 atom stereocenters. The third-order valence-corrected chi connectivity index (χ3v) is 3.74. The van der Waals surface area contributed by atoms with Crippen molar-refractivity contribution in [2.45, 2.75) is 19.8 Å². The Morgan fingerprint density at radius 1 is 1.33 bits per heavy atom. The van der Waals surface area contributed by atoms with Gasteiger partial charge in [-0.25, -0.2) is 4.79 Å². The van der Waals surface area contributed by atoms with Gasteiger partial charge in [0, 0.05) is 24.5 Å². The Labute approximate surface area is 122 Å². The summed E-state index contributed by atoms with van der Waals surface area (Å²) < 4.78 is 10.7. The number of aldehydes is 1. The van der Waals surface area contributed by atoms with Crippen LogP contribution >= 0.6 is 0 Å². The van der Waals surface area contributed by atoms with Crippen molar-refractivity contribution in [2.24, 2.45) is 0 Å². The molecular weight excluding hydrogens is 270 g/mol. The van der Waals surface area contributed by atoms with Crippen LogP contribution in [0.3, 0.4) is 0 Å². The molecular formula is C16H17NO4. The maximum absolute atomic E-state index is 12.0. The van der Waals surface area contributed by atoms with E-state index >= 15 is 0 Å². The van der Waals surface area contributed by atoms with Crippen LogP contribution < -0.4 is 15.3 Å². The number of fused-ring (bicyclic) bond motifs is 1. The van der Waals surface area contributed by atoms with Crippen LogP contribution in [0.25, 0.3) is 11.0 Å². The van der Waals surface area contributed by atoms with Gasteiger partial charge in [0.1, 0.15) is 16.9 Å². The molecule has 1 aliphatic rings. The van der Waals surface area contributed by atoms with E-state index in [-0.39, 0.29) is 5.56 Å². The lowest BCUT2D eigenvalue weighted by molar-refractivity contribution is 0.112. The van der Waals surface area contributed by atoms with Crippen molar-refractivity contribution in [3.63, 3.8) is 0 Å². The maximum Gasteiger partial charge on any atom is 0.349 e. The van der Waals surface area contributed by atoms with E-state index in [0.717, 1.165) is 31.3 Å². The Balaban J connectivity index is 2.25. The number of nitrogens with zero attached hydrogens (tertiary/aromatic N) is 1. The molecule has 0 saturated carbocycles. The normalized spacial score (nSPS) is 14.6. The lowest BCUT2D eigenvalue weighted by Crippen LogP contribution is -2.23. The molecule has 3 rings (SSSR count). The number of hydrogen-bond donors (Lipinski definition) is 0. The average molecular weight is 287 g/mol. The number of carbonyl (C=O) groups excluding carboxylic acids is 1. The van der Waals surface area contributed by atoms with Crippen LogP contribution in [0.2, 0.25) is 0 Å². The largest absolute Gasteiger partial charge is 0.494 e. The summed E-state index contributed by atoms with van der Waals surface area (Å²) in [6, 6.07) is 5.39. The molecule has 110 valence electrons. The first-order valence-electron chi connectivity index (χ1n) is 7.18. The molecule has 0 amide bonds. The van der Waals surface area contributed by atoms with Gasteiger partial charge in [-0.15, -0.1) is 0 Å². The molecule has 0 aliphatic carbocycles. The van der Waals surface area contributed by atoms with E-state index in [0.29, 0.717) is 29.9 Å². The minimum absolute atomic E-state index is 0.105. The predicted molar refractivity (Wildman–Crippen MR) is 80.5 cm³/mol. The van der Waals surface area contributed by atoms with Crippen LogP contribution in [0.4, 0.5) is 5.69 Å². The molecule has 0 spiro atoms. The predicted octanol–water partition coefficient (Wildman–Crippen LogP) is 2.60. The molecule has 0 N–H and O–H groups in total. The molecule has 0 bridgehead atoms. The van der Waals surface area contributed by atoms with Crippen LogP contribution in [0, 0.1) is 0 Å². The van der Waals surface area contributed by atoms with Crippen molar-refractivity contribution in [3.8, 4) is 5.75 Å². The smallest absolute Gasteiger partial charge is 0.349 e. The number of anilines is 1. The maximum atomic E-state index is 12.0. The Bertz CT molecular complexity index is 729. The fourth-order valence-corrected chi connectivity index (χ4v) is 2.82. The summed E-state index contributed by atoms with van der Waals surface area (Å²) in [5, 5.41) is 0.780. The number of hydrogen-bond acceptors (Lipinski definition) is 5. The fourth-order valence-electron chi connectivity index (χ4n) is 2.82. The quantitative estimate of drug-likeness (QED) is 0.639. The molecule has 0 radical (unpaired) electrons. The van der Waals surface area contributed by atoms with E-state index in [1.165, 1.54) is 0 Å². The Morgan fingerprint density at radius 3 is 2.76 bits per heavy atom. The van der Waals surface area contributed by atoms with Gasteiger partial charge in [0.15, 0.2) is 6.29 Å². The second kappa shape index (κ2) is 5.60. The standard InChI is InChI=1S/C16H17NO4/c1-2-20-11-5-6-12-14(9-11)21-16(19)13(10-18)15(12)17-7-3-4-8-17/h5-6,9-10H,2-4,7-8H2,1H3. The van der Waals surface area contributed by atoms with Gasteiger partial charge in [-0.05, 0) is 31.9 Å². The molecule has 5 nitrogen and oxygen atoms in total. The second-order valence-electron chi connectivity index (χ2n) is 5.05. The second-order valence-corrected chi connectivity index (χ2v) is 5.05. The van der Waals surface area contributed by atoms with Crippen molar-refractivity contribution in [1.29, 1.82) is 0 Å². The summed E-state index contributed by atoms with van der Waals surface area (Å²) in [6.45, 7) is 4.14. The summed E-state index contributed by atoms with van der Waals surface area (Å²) in [5.41, 5.74) is 0.664. The first kappa shape index (κ1) is 13.7. The van der Waals surface area contributed by atoms with E-state index in [1.807, 2.05) is 19.1 Å². The van der Waals surface area contributed by atoms with Gasteiger partial charge in [0.2, 0.25) is 0 Å². The highest BCUT2D eigenvalue weighted by atomic mass is 16.5. The summed E-state index contributed by atoms with van der Waals surface area (Å²) in [7, 11) is 0. The molecule has 1 saturated heterocycles. The van der Waals surface area contributed by atoms with Crippen molar-refractivity contribution in [1.82, 2.24) is 0 Å². The first-order chi connectivity index (χ1) is 10.2. The molecule has 2 aromatic rings. The summed E-state index contributed by atoms with van der Waals surface area (Å²) in [4.78, 5) is 25.4. The van der Waals surface area contributed by atoms with Crippen LogP contribution in [0.15, 0.2) is 27.4 Å². The number of rotatable bonds is 4. The highest BCUT2D eigenvalue weighted by Crippen LogP contribution is 2.32. The third kappa shape index (κ3) is 2.39. The molecule has 1 fully saturated rings. The van der Waals surface area contributed by atoms with Gasteiger partial charge < -0.3 is 14.1 Å². The fraction of sp³-hybridized carbons (Fsp3) is 0.375. The Morgan fingerprint density at radius 2 is 2.10 bits per heavy atom. The minimum Gasteiger partial charge on any atom is -0.494 e. The zero-order valence-electron chi connectivity index (χ0n) is 11.9. The topological polar surface area (TPSA) is 59.8 Å². The highest BCUT2D eigenvalue weighted by Gasteiger charge is 2.22. The van der Waals surface area contributed by atoms with Crippen molar-refractivity contribution in [2.75, 3.05) is 24.6 Å². The Kier molecular flexibility index (Phi) is 3.64. The van der Waals surface area contributed by atoms with Crippen LogP contribution in [-0.4, -0.2) is 26.0 Å². The third-order valence-electron chi connectivity index (χ3n) is 3.74. The molecule has 1 aromatic carbocycles. The minimum atomic E-state index is -0.590. The van der Waals surface area contributed by atoms with Crippen LogP contribution in [0.1, 0.15) is 30.1 Å². The molecule has 5 heteroatoms. The molecule has 2 heterocycles. The first-order valence-corrected chi connectivity index (χ1v) is 7.18.